The topological polar surface area (TPSA) is 26.3 Å². The van der Waals surface area contributed by atoms with Crippen LogP contribution in [-0.2, 0) is 9.53 Å². The summed E-state index contributed by atoms with van der Waals surface area (Å²) in [5.41, 5.74) is 0.110. The molecule has 0 amide bonds. The molecule has 0 aromatic carbocycles. The number of halogens is 3. The summed E-state index contributed by atoms with van der Waals surface area (Å²) in [6, 6.07) is 0. The van der Waals surface area contributed by atoms with Crippen LogP contribution < -0.4 is 0 Å². The SMILES string of the molecule is CC(C)(C)CCC(=O)OCC(Cl)(Cl)Cl. The van der Waals surface area contributed by atoms with Gasteiger partial charge in [0.25, 0.3) is 0 Å². The summed E-state index contributed by atoms with van der Waals surface area (Å²) in [6.07, 6.45) is 1.11. The average Bonchev–Trinajstić information content (AvgIpc) is 1.94. The highest BCUT2D eigenvalue weighted by Crippen LogP contribution is 2.26. The van der Waals surface area contributed by atoms with Crippen molar-refractivity contribution >= 4 is 40.8 Å². The van der Waals surface area contributed by atoms with Crippen LogP contribution in [0.1, 0.15) is 33.6 Å². The monoisotopic (exact) mass is 260 g/mol. The Morgan fingerprint density at radius 2 is 1.71 bits per heavy atom. The molecule has 2 nitrogen and oxygen atoms in total. The molecule has 0 rings (SSSR count). The summed E-state index contributed by atoms with van der Waals surface area (Å²) < 4.78 is 3.25. The standard InChI is InChI=1S/C9H15Cl3O2/c1-8(2,3)5-4-7(13)14-6-9(10,11)12/h4-6H2,1-3H3. The molecule has 0 bridgehead atoms. The van der Waals surface area contributed by atoms with Gasteiger partial charge in [0.1, 0.15) is 6.61 Å². The molecule has 0 radical (unpaired) electrons. The van der Waals surface area contributed by atoms with Gasteiger partial charge in [0, 0.05) is 6.42 Å². The molecule has 0 aromatic heterocycles. The van der Waals surface area contributed by atoms with Crippen molar-refractivity contribution in [3.05, 3.63) is 0 Å². The van der Waals surface area contributed by atoms with Gasteiger partial charge in [-0.15, -0.1) is 0 Å². The minimum Gasteiger partial charge on any atom is -0.461 e. The summed E-state index contributed by atoms with van der Waals surface area (Å²) in [7, 11) is 0. The van der Waals surface area contributed by atoms with Gasteiger partial charge in [-0.3, -0.25) is 4.79 Å². The van der Waals surface area contributed by atoms with E-state index in [-0.39, 0.29) is 18.0 Å². The van der Waals surface area contributed by atoms with E-state index >= 15 is 0 Å². The summed E-state index contributed by atoms with van der Waals surface area (Å²) in [5.74, 6) is -0.328. The lowest BCUT2D eigenvalue weighted by Gasteiger charge is -2.17. The van der Waals surface area contributed by atoms with E-state index in [1.807, 2.05) is 0 Å². The van der Waals surface area contributed by atoms with E-state index in [4.69, 9.17) is 39.5 Å². The Morgan fingerprint density at radius 3 is 2.07 bits per heavy atom. The van der Waals surface area contributed by atoms with Crippen LogP contribution in [0.2, 0.25) is 0 Å². The normalized spacial score (nSPS) is 12.7. The number of carbonyl (C=O) groups excluding carboxylic acids is 1. The number of hydrogen-bond donors (Lipinski definition) is 0. The average molecular weight is 262 g/mol. The molecule has 84 valence electrons. The summed E-state index contributed by atoms with van der Waals surface area (Å²) >= 11 is 16.3. The van der Waals surface area contributed by atoms with Crippen LogP contribution in [0.3, 0.4) is 0 Å². The molecular formula is C9H15Cl3O2. The van der Waals surface area contributed by atoms with Crippen LogP contribution >= 0.6 is 34.8 Å². The first-order valence-electron chi connectivity index (χ1n) is 4.32. The van der Waals surface area contributed by atoms with Crippen molar-refractivity contribution in [2.24, 2.45) is 5.41 Å². The molecule has 0 unspecified atom stereocenters. The summed E-state index contributed by atoms with van der Waals surface area (Å²) in [6.45, 7) is 5.96. The highest BCUT2D eigenvalue weighted by molar-refractivity contribution is 6.67. The molecule has 0 saturated carbocycles. The van der Waals surface area contributed by atoms with E-state index in [9.17, 15) is 4.79 Å². The molecule has 0 saturated heterocycles. The fourth-order valence-corrected chi connectivity index (χ4v) is 0.875. The number of alkyl halides is 3. The quantitative estimate of drug-likeness (QED) is 0.572. The Balaban J connectivity index is 3.68. The molecule has 0 spiro atoms. The minimum atomic E-state index is -1.52. The zero-order chi connectivity index (χ0) is 11.4. The van der Waals surface area contributed by atoms with Gasteiger partial charge in [-0.25, -0.2) is 0 Å². The van der Waals surface area contributed by atoms with Crippen LogP contribution in [0, 0.1) is 5.41 Å². The fourth-order valence-electron chi connectivity index (χ4n) is 0.712. The Labute approximate surface area is 99.8 Å². The van der Waals surface area contributed by atoms with Gasteiger partial charge in [0.05, 0.1) is 0 Å². The van der Waals surface area contributed by atoms with E-state index in [0.717, 1.165) is 6.42 Å². The number of esters is 1. The van der Waals surface area contributed by atoms with E-state index in [1.54, 1.807) is 0 Å². The molecule has 5 heteroatoms. The van der Waals surface area contributed by atoms with Crippen molar-refractivity contribution in [1.29, 1.82) is 0 Å². The second-order valence-electron chi connectivity index (χ2n) is 4.34. The maximum Gasteiger partial charge on any atom is 0.305 e. The van der Waals surface area contributed by atoms with Gasteiger partial charge in [-0.05, 0) is 11.8 Å². The zero-order valence-electron chi connectivity index (χ0n) is 8.57. The molecule has 0 N–H and O–H groups in total. The fraction of sp³-hybridized carbons (Fsp3) is 0.889. The maximum absolute atomic E-state index is 11.1. The second kappa shape index (κ2) is 5.43. The first-order valence-corrected chi connectivity index (χ1v) is 5.46. The Hall–Kier alpha value is 0.340. The highest BCUT2D eigenvalue weighted by Gasteiger charge is 2.22. The Kier molecular flexibility index (Phi) is 5.56. The first kappa shape index (κ1) is 14.3. The third kappa shape index (κ3) is 10.4. The van der Waals surface area contributed by atoms with Crippen molar-refractivity contribution in [3.8, 4) is 0 Å². The molecule has 0 atom stereocenters. The highest BCUT2D eigenvalue weighted by atomic mass is 35.6. The van der Waals surface area contributed by atoms with Gasteiger partial charge >= 0.3 is 5.97 Å². The maximum atomic E-state index is 11.1. The van der Waals surface area contributed by atoms with Crippen molar-refractivity contribution < 1.29 is 9.53 Å². The number of carbonyl (C=O) groups is 1. The van der Waals surface area contributed by atoms with Crippen molar-refractivity contribution in [1.82, 2.24) is 0 Å². The third-order valence-electron chi connectivity index (χ3n) is 1.48. The summed E-state index contributed by atoms with van der Waals surface area (Å²) in [5, 5.41) is 0. The van der Waals surface area contributed by atoms with Crippen LogP contribution in [0.25, 0.3) is 0 Å². The van der Waals surface area contributed by atoms with Crippen LogP contribution in [0.5, 0.6) is 0 Å². The number of rotatable bonds is 3. The van der Waals surface area contributed by atoms with Crippen LogP contribution in [0.15, 0.2) is 0 Å². The molecule has 0 heterocycles. The summed E-state index contributed by atoms with van der Waals surface area (Å²) in [4.78, 5) is 11.1. The Bertz CT molecular complexity index is 171. The molecule has 0 aliphatic rings. The molecule has 0 aromatic rings. The Morgan fingerprint density at radius 1 is 1.21 bits per heavy atom. The van der Waals surface area contributed by atoms with Gasteiger partial charge < -0.3 is 4.74 Å². The lowest BCUT2D eigenvalue weighted by atomic mass is 9.91. The van der Waals surface area contributed by atoms with Crippen molar-refractivity contribution in [2.75, 3.05) is 6.61 Å². The number of hydrogen-bond acceptors (Lipinski definition) is 2. The molecule has 14 heavy (non-hydrogen) atoms. The molecule has 0 aliphatic heterocycles. The predicted molar refractivity (Wildman–Crippen MR) is 59.9 cm³/mol. The largest absolute Gasteiger partial charge is 0.461 e. The number of ether oxygens (including phenoxy) is 1. The van der Waals surface area contributed by atoms with Crippen LogP contribution in [0.4, 0.5) is 0 Å². The molecule has 0 aliphatic carbocycles. The van der Waals surface area contributed by atoms with E-state index in [2.05, 4.69) is 20.8 Å². The molecular weight excluding hydrogens is 246 g/mol. The zero-order valence-corrected chi connectivity index (χ0v) is 10.8. The minimum absolute atomic E-state index is 0.110. The van der Waals surface area contributed by atoms with E-state index in [1.165, 1.54) is 0 Å². The van der Waals surface area contributed by atoms with Crippen molar-refractivity contribution in [2.45, 2.75) is 37.4 Å². The third-order valence-corrected chi connectivity index (χ3v) is 1.80. The second-order valence-corrected chi connectivity index (χ2v) is 6.85. The van der Waals surface area contributed by atoms with Gasteiger partial charge in [-0.2, -0.15) is 0 Å². The van der Waals surface area contributed by atoms with Gasteiger partial charge in [0.2, 0.25) is 3.79 Å². The smallest absolute Gasteiger partial charge is 0.305 e. The van der Waals surface area contributed by atoms with Gasteiger partial charge in [-0.1, -0.05) is 55.6 Å². The van der Waals surface area contributed by atoms with E-state index in [0.29, 0.717) is 6.42 Å². The first-order chi connectivity index (χ1) is 6.10. The lowest BCUT2D eigenvalue weighted by molar-refractivity contribution is -0.144. The molecule has 0 fully saturated rings. The van der Waals surface area contributed by atoms with Crippen molar-refractivity contribution in [3.63, 3.8) is 0 Å². The lowest BCUT2D eigenvalue weighted by Crippen LogP contribution is -2.18. The van der Waals surface area contributed by atoms with E-state index < -0.39 is 3.79 Å². The van der Waals surface area contributed by atoms with Crippen LogP contribution in [-0.4, -0.2) is 16.4 Å². The van der Waals surface area contributed by atoms with Gasteiger partial charge in [0.15, 0.2) is 0 Å². The predicted octanol–water partition coefficient (Wildman–Crippen LogP) is 3.73.